The maximum atomic E-state index is 11.4. The largest absolute Gasteiger partial charge is 0.478 e. The quantitative estimate of drug-likeness (QED) is 0.783. The molecule has 6 heteroatoms. The van der Waals surface area contributed by atoms with Crippen LogP contribution in [0.2, 0.25) is 0 Å². The lowest BCUT2D eigenvalue weighted by atomic mass is 10.1. The van der Waals surface area contributed by atoms with Crippen LogP contribution >= 0.6 is 15.9 Å². The van der Waals surface area contributed by atoms with Crippen LogP contribution in [-0.4, -0.2) is 26.1 Å². The van der Waals surface area contributed by atoms with Crippen LogP contribution in [0.15, 0.2) is 40.9 Å². The predicted molar refractivity (Wildman–Crippen MR) is 78.3 cm³/mol. The van der Waals surface area contributed by atoms with Crippen molar-refractivity contribution in [1.29, 1.82) is 0 Å². The third-order valence-corrected chi connectivity index (χ3v) is 3.58. The van der Waals surface area contributed by atoms with Crippen molar-refractivity contribution in [1.82, 2.24) is 15.0 Å². The Bertz CT molecular complexity index is 826. The summed E-state index contributed by atoms with van der Waals surface area (Å²) in [5, 5.41) is 17.4. The van der Waals surface area contributed by atoms with Gasteiger partial charge in [-0.3, -0.25) is 0 Å². The Labute approximate surface area is 123 Å². The minimum absolute atomic E-state index is 0.190. The summed E-state index contributed by atoms with van der Waals surface area (Å²) in [7, 11) is 0. The van der Waals surface area contributed by atoms with Crippen LogP contribution in [0.5, 0.6) is 0 Å². The molecule has 1 aromatic heterocycles. The first-order valence-corrected chi connectivity index (χ1v) is 6.71. The minimum atomic E-state index is -0.992. The van der Waals surface area contributed by atoms with Crippen molar-refractivity contribution in [2.75, 3.05) is 0 Å². The second kappa shape index (κ2) is 4.72. The van der Waals surface area contributed by atoms with Gasteiger partial charge in [-0.15, -0.1) is 5.10 Å². The van der Waals surface area contributed by atoms with Crippen LogP contribution in [0.4, 0.5) is 0 Å². The predicted octanol–water partition coefficient (Wildman–Crippen LogP) is 3.19. The number of benzene rings is 2. The highest BCUT2D eigenvalue weighted by Crippen LogP contribution is 2.24. The van der Waals surface area contributed by atoms with Crippen molar-refractivity contribution in [3.63, 3.8) is 0 Å². The molecule has 0 atom stereocenters. The number of aryl methyl sites for hydroxylation is 1. The topological polar surface area (TPSA) is 68.0 Å². The molecule has 0 fully saturated rings. The molecule has 0 radical (unpaired) electrons. The van der Waals surface area contributed by atoms with E-state index in [4.69, 9.17) is 0 Å². The fourth-order valence-corrected chi connectivity index (χ4v) is 2.65. The van der Waals surface area contributed by atoms with E-state index in [1.165, 1.54) is 0 Å². The van der Waals surface area contributed by atoms with Crippen LogP contribution in [0.3, 0.4) is 0 Å². The fraction of sp³-hybridized carbons (Fsp3) is 0.0714. The minimum Gasteiger partial charge on any atom is -0.478 e. The average Bonchev–Trinajstić information content (AvgIpc) is 2.82. The molecule has 0 saturated heterocycles. The second-order valence-electron chi connectivity index (χ2n) is 4.41. The van der Waals surface area contributed by atoms with Crippen molar-refractivity contribution in [3.05, 3.63) is 52.0 Å². The van der Waals surface area contributed by atoms with E-state index in [1.807, 2.05) is 25.1 Å². The normalized spacial score (nSPS) is 10.9. The molecule has 1 N–H and O–H groups in total. The van der Waals surface area contributed by atoms with Crippen LogP contribution < -0.4 is 0 Å². The number of halogens is 1. The van der Waals surface area contributed by atoms with Gasteiger partial charge in [0.15, 0.2) is 0 Å². The monoisotopic (exact) mass is 331 g/mol. The number of hydrogen-bond donors (Lipinski definition) is 1. The van der Waals surface area contributed by atoms with Crippen LogP contribution in [0, 0.1) is 6.92 Å². The van der Waals surface area contributed by atoms with Gasteiger partial charge in [0.05, 0.1) is 11.3 Å². The molecular weight excluding hydrogens is 322 g/mol. The molecule has 1 heterocycles. The third-order valence-electron chi connectivity index (χ3n) is 3.09. The van der Waals surface area contributed by atoms with Gasteiger partial charge in [-0.1, -0.05) is 27.2 Å². The van der Waals surface area contributed by atoms with Crippen LogP contribution in [0.1, 0.15) is 15.9 Å². The van der Waals surface area contributed by atoms with Gasteiger partial charge in [-0.2, -0.15) is 0 Å². The number of hydrogen-bond acceptors (Lipinski definition) is 3. The number of nitrogens with zero attached hydrogens (tertiary/aromatic N) is 3. The van der Waals surface area contributed by atoms with Gasteiger partial charge in [-0.25, -0.2) is 9.48 Å². The lowest BCUT2D eigenvalue weighted by Crippen LogP contribution is -2.04. The van der Waals surface area contributed by atoms with Gasteiger partial charge < -0.3 is 5.11 Å². The van der Waals surface area contributed by atoms with Gasteiger partial charge in [0.25, 0.3) is 0 Å². The number of rotatable bonds is 2. The van der Waals surface area contributed by atoms with Crippen LogP contribution in [-0.2, 0) is 0 Å². The summed E-state index contributed by atoms with van der Waals surface area (Å²) >= 11 is 3.41. The summed E-state index contributed by atoms with van der Waals surface area (Å²) in [4.78, 5) is 11.4. The Morgan fingerprint density at radius 2 is 2.10 bits per heavy atom. The summed E-state index contributed by atoms with van der Waals surface area (Å²) < 4.78 is 2.53. The Kier molecular flexibility index (Phi) is 3.02. The first-order chi connectivity index (χ1) is 9.58. The zero-order valence-corrected chi connectivity index (χ0v) is 12.1. The molecule has 0 aliphatic carbocycles. The van der Waals surface area contributed by atoms with Gasteiger partial charge in [0.1, 0.15) is 11.0 Å². The first-order valence-electron chi connectivity index (χ1n) is 5.92. The van der Waals surface area contributed by atoms with Gasteiger partial charge in [0.2, 0.25) is 0 Å². The first kappa shape index (κ1) is 12.8. The molecule has 0 aliphatic rings. The zero-order chi connectivity index (χ0) is 14.3. The number of aromatic carboxylic acids is 1. The number of fused-ring (bicyclic) bond motifs is 1. The number of carbonyl (C=O) groups is 1. The average molecular weight is 332 g/mol. The molecule has 0 amide bonds. The molecule has 5 nitrogen and oxygen atoms in total. The third kappa shape index (κ3) is 1.98. The van der Waals surface area contributed by atoms with E-state index in [0.29, 0.717) is 11.0 Å². The molecule has 0 saturated carbocycles. The van der Waals surface area contributed by atoms with E-state index >= 15 is 0 Å². The van der Waals surface area contributed by atoms with Gasteiger partial charge in [0, 0.05) is 4.47 Å². The molecule has 0 unspecified atom stereocenters. The fourth-order valence-electron chi connectivity index (χ4n) is 2.17. The molecule has 3 rings (SSSR count). The summed E-state index contributed by atoms with van der Waals surface area (Å²) in [6.45, 7) is 1.94. The maximum absolute atomic E-state index is 11.4. The summed E-state index contributed by atoms with van der Waals surface area (Å²) in [6, 6.07) is 10.7. The second-order valence-corrected chi connectivity index (χ2v) is 5.33. The molecule has 20 heavy (non-hydrogen) atoms. The van der Waals surface area contributed by atoms with Gasteiger partial charge >= 0.3 is 5.97 Å². The number of carboxylic acids is 1. The highest BCUT2D eigenvalue weighted by atomic mass is 79.9. The molecule has 3 aromatic rings. The van der Waals surface area contributed by atoms with Crippen molar-refractivity contribution in [2.45, 2.75) is 6.92 Å². The highest BCUT2D eigenvalue weighted by Gasteiger charge is 2.16. The zero-order valence-electron chi connectivity index (χ0n) is 10.5. The standard InChI is InChI=1S/C14H10BrN3O2/c1-8-7-9(15)5-6-12(8)18-13-10(14(19)20)3-2-4-11(13)16-17-18/h2-7H,1H3,(H,19,20). The summed E-state index contributed by atoms with van der Waals surface area (Å²) in [6.07, 6.45) is 0. The molecule has 0 bridgehead atoms. The number of aromatic nitrogens is 3. The highest BCUT2D eigenvalue weighted by molar-refractivity contribution is 9.10. The van der Waals surface area contributed by atoms with Gasteiger partial charge in [-0.05, 0) is 42.8 Å². The van der Waals surface area contributed by atoms with E-state index < -0.39 is 5.97 Å². The lowest BCUT2D eigenvalue weighted by Gasteiger charge is -2.08. The Morgan fingerprint density at radius 1 is 1.30 bits per heavy atom. The van der Waals surface area contributed by atoms with Crippen molar-refractivity contribution < 1.29 is 9.90 Å². The Hall–Kier alpha value is -2.21. The molecular formula is C14H10BrN3O2. The molecule has 100 valence electrons. The van der Waals surface area contributed by atoms with E-state index in [2.05, 4.69) is 26.2 Å². The Balaban J connectivity index is 2.34. The van der Waals surface area contributed by atoms with E-state index in [1.54, 1.807) is 22.9 Å². The number of carboxylic acid groups (broad SMARTS) is 1. The summed E-state index contributed by atoms with van der Waals surface area (Å²) in [5.74, 6) is -0.992. The molecule has 0 spiro atoms. The Morgan fingerprint density at radius 3 is 2.80 bits per heavy atom. The maximum Gasteiger partial charge on any atom is 0.337 e. The lowest BCUT2D eigenvalue weighted by molar-refractivity contribution is 0.0698. The van der Waals surface area contributed by atoms with Crippen molar-refractivity contribution >= 4 is 32.9 Å². The summed E-state index contributed by atoms with van der Waals surface area (Å²) in [5.41, 5.74) is 3.04. The van der Waals surface area contributed by atoms with E-state index in [-0.39, 0.29) is 5.56 Å². The van der Waals surface area contributed by atoms with E-state index in [0.717, 1.165) is 15.7 Å². The molecule has 0 aliphatic heterocycles. The van der Waals surface area contributed by atoms with Crippen LogP contribution in [0.25, 0.3) is 16.7 Å². The molecule has 2 aromatic carbocycles. The van der Waals surface area contributed by atoms with E-state index in [9.17, 15) is 9.90 Å². The van der Waals surface area contributed by atoms with Crippen molar-refractivity contribution in [2.24, 2.45) is 0 Å². The number of para-hydroxylation sites is 1. The van der Waals surface area contributed by atoms with Crippen molar-refractivity contribution in [3.8, 4) is 5.69 Å². The SMILES string of the molecule is Cc1cc(Br)ccc1-n1nnc2cccc(C(=O)O)c21. The smallest absolute Gasteiger partial charge is 0.337 e.